The number of aliphatic imine (C=N–C) groups is 1. The highest BCUT2D eigenvalue weighted by atomic mass is 35.5. The minimum Gasteiger partial charge on any atom is -0.211 e. The molecule has 0 amide bonds. The largest absolute Gasteiger partial charge is 0.241 e. The van der Waals surface area contributed by atoms with E-state index in [0.29, 0.717) is 0 Å². The van der Waals surface area contributed by atoms with E-state index >= 15 is 0 Å². The van der Waals surface area contributed by atoms with Gasteiger partial charge in [0, 0.05) is 0 Å². The maximum Gasteiger partial charge on any atom is 0.241 e. The molecule has 0 aromatic heterocycles. The van der Waals surface area contributed by atoms with E-state index in [4.69, 9.17) is 34.8 Å². The van der Waals surface area contributed by atoms with Crippen molar-refractivity contribution in [3.63, 3.8) is 0 Å². The van der Waals surface area contributed by atoms with Crippen LogP contribution < -0.4 is 0 Å². The maximum atomic E-state index is 9.52. The zero-order chi connectivity index (χ0) is 7.28. The van der Waals surface area contributed by atoms with Crippen LogP contribution in [0.15, 0.2) is 15.2 Å². The number of hydrogen-bond donors (Lipinski definition) is 0. The Bertz CT molecular complexity index is 171. The lowest BCUT2D eigenvalue weighted by atomic mass is 10.7. The first kappa shape index (κ1) is 8.99. The van der Waals surface area contributed by atoms with E-state index in [9.17, 15) is 4.79 Å². The van der Waals surface area contributed by atoms with Gasteiger partial charge >= 0.3 is 0 Å². The average molecular weight is 186 g/mol. The van der Waals surface area contributed by atoms with Crippen molar-refractivity contribution in [1.29, 1.82) is 0 Å². The monoisotopic (exact) mass is 185 g/mol. The fourth-order valence-electron chi connectivity index (χ4n) is 0.156. The Hall–Kier alpha value is -0.0100. The summed E-state index contributed by atoms with van der Waals surface area (Å²) in [5, 5.41) is 0.0309. The first-order chi connectivity index (χ1) is 4.22. The Morgan fingerprint density at radius 1 is 1.56 bits per heavy atom. The number of nitrogens with zero attached hydrogens (tertiary/aromatic N) is 1. The topological polar surface area (TPSA) is 29.4 Å². The lowest BCUT2D eigenvalue weighted by molar-refractivity contribution is 0.565. The summed E-state index contributed by atoms with van der Waals surface area (Å²) in [5.74, 6) is 0.0472. The fraction of sp³-hybridized carbons (Fsp3) is 0.250. The quantitative estimate of drug-likeness (QED) is 0.281. The molecule has 0 rings (SSSR count). The second kappa shape index (κ2) is 4.83. The van der Waals surface area contributed by atoms with E-state index in [1.807, 2.05) is 0 Å². The molecule has 50 valence electrons. The molecule has 9 heavy (non-hydrogen) atoms. The molecule has 0 unspecified atom stereocenters. The van der Waals surface area contributed by atoms with Crippen LogP contribution in [0.4, 0.5) is 0 Å². The summed E-state index contributed by atoms with van der Waals surface area (Å²) in [6, 6.07) is 0. The van der Waals surface area contributed by atoms with Gasteiger partial charge in [0.2, 0.25) is 6.08 Å². The molecule has 0 spiro atoms. The van der Waals surface area contributed by atoms with Crippen LogP contribution in [-0.2, 0) is 4.79 Å². The highest BCUT2D eigenvalue weighted by molar-refractivity contribution is 6.42. The predicted octanol–water partition coefficient (Wildman–Crippen LogP) is 2.21. The van der Waals surface area contributed by atoms with E-state index in [-0.39, 0.29) is 16.1 Å². The van der Waals surface area contributed by atoms with E-state index in [1.54, 1.807) is 0 Å². The molecule has 0 aromatic rings. The SMILES string of the molecule is O=C=N/C(Cl)=C(\Cl)CCl. The standard InChI is InChI=1S/C4H2Cl3NO/c5-1-3(6)4(7)8-2-9/h1H2/b4-3-. The molecular formula is C4H2Cl3NO. The van der Waals surface area contributed by atoms with E-state index in [0.717, 1.165) is 0 Å². The minimum absolute atomic E-state index is 0.0472. The van der Waals surface area contributed by atoms with Crippen LogP contribution in [0.1, 0.15) is 0 Å². The highest BCUT2D eigenvalue weighted by Gasteiger charge is 1.96. The Kier molecular flexibility index (Phi) is 4.83. The summed E-state index contributed by atoms with van der Waals surface area (Å²) in [7, 11) is 0. The number of hydrogen-bond acceptors (Lipinski definition) is 2. The number of rotatable bonds is 2. The third-order valence-electron chi connectivity index (χ3n) is 0.485. The molecule has 0 bridgehead atoms. The Morgan fingerprint density at radius 3 is 2.44 bits per heavy atom. The molecular weight excluding hydrogens is 184 g/mol. The van der Waals surface area contributed by atoms with Crippen LogP contribution >= 0.6 is 34.8 Å². The van der Waals surface area contributed by atoms with Crippen molar-refractivity contribution in [2.45, 2.75) is 0 Å². The Balaban J connectivity index is 4.27. The maximum absolute atomic E-state index is 9.52. The third-order valence-corrected chi connectivity index (χ3v) is 1.61. The van der Waals surface area contributed by atoms with Crippen molar-refractivity contribution in [2.24, 2.45) is 4.99 Å². The Labute approximate surface area is 67.1 Å². The van der Waals surface area contributed by atoms with Crippen LogP contribution in [0, 0.1) is 0 Å². The molecule has 0 saturated carbocycles. The summed E-state index contributed by atoms with van der Waals surface area (Å²) in [6.07, 6.45) is 1.22. The molecule has 0 aliphatic carbocycles. The van der Waals surface area contributed by atoms with Crippen LogP contribution in [0.2, 0.25) is 0 Å². The summed E-state index contributed by atoms with van der Waals surface area (Å²) in [5.41, 5.74) is 0. The molecule has 0 N–H and O–H groups in total. The molecule has 0 aromatic carbocycles. The van der Waals surface area contributed by atoms with Gasteiger partial charge in [-0.25, -0.2) is 4.79 Å². The molecule has 0 atom stereocenters. The minimum atomic E-state index is -0.110. The molecule has 0 saturated heterocycles. The van der Waals surface area contributed by atoms with Crippen LogP contribution in [-0.4, -0.2) is 12.0 Å². The zero-order valence-electron chi connectivity index (χ0n) is 4.20. The highest BCUT2D eigenvalue weighted by Crippen LogP contribution is 2.15. The van der Waals surface area contributed by atoms with E-state index in [1.165, 1.54) is 6.08 Å². The number of alkyl halides is 1. The van der Waals surface area contributed by atoms with E-state index < -0.39 is 0 Å². The van der Waals surface area contributed by atoms with Crippen molar-refractivity contribution in [3.8, 4) is 0 Å². The summed E-state index contributed by atoms with van der Waals surface area (Å²) < 4.78 is 0. The van der Waals surface area contributed by atoms with Gasteiger partial charge in [0.25, 0.3) is 0 Å². The van der Waals surface area contributed by atoms with Gasteiger partial charge in [-0.1, -0.05) is 23.2 Å². The van der Waals surface area contributed by atoms with Gasteiger partial charge in [-0.15, -0.1) is 11.6 Å². The number of allylic oxidation sites excluding steroid dienone is 1. The summed E-state index contributed by atoms with van der Waals surface area (Å²) in [6.45, 7) is 0. The summed E-state index contributed by atoms with van der Waals surface area (Å²) >= 11 is 15.8. The molecule has 0 heterocycles. The lowest BCUT2D eigenvalue weighted by Gasteiger charge is -1.87. The first-order valence-electron chi connectivity index (χ1n) is 1.90. The first-order valence-corrected chi connectivity index (χ1v) is 3.19. The van der Waals surface area contributed by atoms with Gasteiger partial charge in [0.1, 0.15) is 0 Å². The number of carbonyl (C=O) groups excluding carboxylic acids is 1. The molecule has 0 aliphatic rings. The van der Waals surface area contributed by atoms with Crippen molar-refractivity contribution in [1.82, 2.24) is 0 Å². The smallest absolute Gasteiger partial charge is 0.211 e. The van der Waals surface area contributed by atoms with Gasteiger partial charge in [0.15, 0.2) is 5.16 Å². The summed E-state index contributed by atoms with van der Waals surface area (Å²) in [4.78, 5) is 12.5. The Morgan fingerprint density at radius 2 is 2.11 bits per heavy atom. The van der Waals surface area contributed by atoms with Gasteiger partial charge in [-0.2, -0.15) is 4.99 Å². The van der Waals surface area contributed by atoms with Gasteiger partial charge < -0.3 is 0 Å². The van der Waals surface area contributed by atoms with Crippen LogP contribution in [0.5, 0.6) is 0 Å². The van der Waals surface area contributed by atoms with Gasteiger partial charge in [-0.05, 0) is 0 Å². The molecule has 5 heteroatoms. The zero-order valence-corrected chi connectivity index (χ0v) is 6.46. The van der Waals surface area contributed by atoms with Crippen LogP contribution in [0.3, 0.4) is 0 Å². The van der Waals surface area contributed by atoms with Crippen molar-refractivity contribution >= 4 is 40.9 Å². The second-order valence-electron chi connectivity index (χ2n) is 1.03. The van der Waals surface area contributed by atoms with Crippen molar-refractivity contribution in [3.05, 3.63) is 10.2 Å². The van der Waals surface area contributed by atoms with Crippen molar-refractivity contribution < 1.29 is 4.79 Å². The normalized spacial score (nSPS) is 11.9. The van der Waals surface area contributed by atoms with Gasteiger partial charge in [-0.3, -0.25) is 0 Å². The fourth-order valence-corrected chi connectivity index (χ4v) is 0.494. The second-order valence-corrected chi connectivity index (χ2v) is 2.11. The van der Waals surface area contributed by atoms with Crippen LogP contribution in [0.25, 0.3) is 0 Å². The predicted molar refractivity (Wildman–Crippen MR) is 37.6 cm³/mol. The molecule has 0 aliphatic heterocycles. The van der Waals surface area contributed by atoms with Gasteiger partial charge in [0.05, 0.1) is 10.9 Å². The molecule has 0 fully saturated rings. The van der Waals surface area contributed by atoms with E-state index in [2.05, 4.69) is 4.99 Å². The average Bonchev–Trinajstić information content (AvgIpc) is 1.87. The van der Waals surface area contributed by atoms with Crippen molar-refractivity contribution in [2.75, 3.05) is 5.88 Å². The third kappa shape index (κ3) is 3.55. The molecule has 2 nitrogen and oxygen atoms in total. The molecule has 0 radical (unpaired) electrons. The lowest BCUT2D eigenvalue weighted by Crippen LogP contribution is -1.75. The number of halogens is 3. The number of isocyanates is 1.